The van der Waals surface area contributed by atoms with Crippen molar-refractivity contribution in [2.75, 3.05) is 18.6 Å². The first-order valence-electron chi connectivity index (χ1n) is 7.70. The number of carbonyl (C=O) groups is 2. The van der Waals surface area contributed by atoms with Crippen LogP contribution in [-0.4, -0.2) is 31.3 Å². The molecule has 1 aliphatic rings. The number of hydrogen-bond acceptors (Lipinski definition) is 4. The molecule has 1 aromatic rings. The first-order valence-corrected chi connectivity index (χ1v) is 7.70. The molecule has 0 aliphatic carbocycles. The van der Waals surface area contributed by atoms with E-state index < -0.39 is 11.6 Å². The molecule has 5 heteroatoms. The standard InChI is InChI=1S/C18H23NO4/c1-18(2,3)23-17(21)19-12-6-9-13-7-5-8-14(16(13)19)10-11-15(20)22-4/h5,7-8,10-11H,6,9,12H2,1-4H3/b11-10-. The zero-order valence-corrected chi connectivity index (χ0v) is 14.1. The highest BCUT2D eigenvalue weighted by atomic mass is 16.6. The molecule has 124 valence electrons. The maximum Gasteiger partial charge on any atom is 0.414 e. The molecule has 0 atom stereocenters. The lowest BCUT2D eigenvalue weighted by Gasteiger charge is -2.32. The summed E-state index contributed by atoms with van der Waals surface area (Å²) in [4.78, 5) is 25.5. The van der Waals surface area contributed by atoms with Gasteiger partial charge in [0.15, 0.2) is 0 Å². The predicted octanol–water partition coefficient (Wildman–Crippen LogP) is 3.56. The Morgan fingerprint density at radius 3 is 2.65 bits per heavy atom. The summed E-state index contributed by atoms with van der Waals surface area (Å²) in [5.41, 5.74) is 2.15. The SMILES string of the molecule is COC(=O)/C=C\c1cccc2c1N(C(=O)OC(C)(C)C)CCC2. The Morgan fingerprint density at radius 1 is 1.26 bits per heavy atom. The number of anilines is 1. The third kappa shape index (κ3) is 4.34. The Kier molecular flexibility index (Phi) is 5.08. The average molecular weight is 317 g/mol. The van der Waals surface area contributed by atoms with Crippen molar-refractivity contribution in [3.05, 3.63) is 35.4 Å². The molecule has 1 amide bonds. The van der Waals surface area contributed by atoms with Gasteiger partial charge in [0.25, 0.3) is 0 Å². The van der Waals surface area contributed by atoms with Crippen LogP contribution in [0.25, 0.3) is 6.08 Å². The second-order valence-corrected chi connectivity index (χ2v) is 6.45. The number of rotatable bonds is 2. The van der Waals surface area contributed by atoms with Gasteiger partial charge in [0.05, 0.1) is 12.8 Å². The highest BCUT2D eigenvalue weighted by Crippen LogP contribution is 2.33. The van der Waals surface area contributed by atoms with E-state index in [1.54, 1.807) is 11.0 Å². The van der Waals surface area contributed by atoms with Crippen LogP contribution in [0.15, 0.2) is 24.3 Å². The number of ether oxygens (including phenoxy) is 2. The number of hydrogen-bond donors (Lipinski definition) is 0. The van der Waals surface area contributed by atoms with Crippen LogP contribution in [0.2, 0.25) is 0 Å². The van der Waals surface area contributed by atoms with Gasteiger partial charge in [-0.15, -0.1) is 0 Å². The summed E-state index contributed by atoms with van der Waals surface area (Å²) < 4.78 is 10.1. The van der Waals surface area contributed by atoms with E-state index in [2.05, 4.69) is 4.74 Å². The van der Waals surface area contributed by atoms with Crippen LogP contribution >= 0.6 is 0 Å². The van der Waals surface area contributed by atoms with Crippen molar-refractivity contribution in [1.82, 2.24) is 0 Å². The van der Waals surface area contributed by atoms with E-state index in [9.17, 15) is 9.59 Å². The molecule has 1 heterocycles. The van der Waals surface area contributed by atoms with Gasteiger partial charge in [0.2, 0.25) is 0 Å². The monoisotopic (exact) mass is 317 g/mol. The number of para-hydroxylation sites is 1. The van der Waals surface area contributed by atoms with E-state index in [-0.39, 0.29) is 6.09 Å². The Bertz CT molecular complexity index is 628. The van der Waals surface area contributed by atoms with Crippen LogP contribution in [0.1, 0.15) is 38.3 Å². The number of aryl methyl sites for hydroxylation is 1. The molecule has 0 bridgehead atoms. The van der Waals surface area contributed by atoms with Gasteiger partial charge in [0, 0.05) is 12.6 Å². The van der Waals surface area contributed by atoms with Crippen molar-refractivity contribution in [2.45, 2.75) is 39.2 Å². The summed E-state index contributed by atoms with van der Waals surface area (Å²) in [5.74, 6) is -0.428. The second-order valence-electron chi connectivity index (χ2n) is 6.45. The fourth-order valence-corrected chi connectivity index (χ4v) is 2.54. The van der Waals surface area contributed by atoms with Gasteiger partial charge >= 0.3 is 12.1 Å². The number of fused-ring (bicyclic) bond motifs is 1. The smallest absolute Gasteiger partial charge is 0.414 e. The van der Waals surface area contributed by atoms with Crippen LogP contribution in [-0.2, 0) is 20.7 Å². The molecule has 0 spiro atoms. The second kappa shape index (κ2) is 6.86. The van der Waals surface area contributed by atoms with Crippen LogP contribution in [0.3, 0.4) is 0 Å². The Labute approximate surface area is 136 Å². The van der Waals surface area contributed by atoms with Gasteiger partial charge in [0.1, 0.15) is 5.60 Å². The van der Waals surface area contributed by atoms with Crippen molar-refractivity contribution in [2.24, 2.45) is 0 Å². The highest BCUT2D eigenvalue weighted by Gasteiger charge is 2.28. The molecule has 0 fully saturated rings. The van der Waals surface area contributed by atoms with Crippen LogP contribution < -0.4 is 4.90 Å². The minimum Gasteiger partial charge on any atom is -0.466 e. The minimum atomic E-state index is -0.550. The first-order chi connectivity index (χ1) is 10.8. The molecular weight excluding hydrogens is 294 g/mol. The number of esters is 1. The average Bonchev–Trinajstić information content (AvgIpc) is 2.50. The molecule has 0 radical (unpaired) electrons. The molecule has 1 aromatic carbocycles. The summed E-state index contributed by atoms with van der Waals surface area (Å²) in [5, 5.41) is 0. The maximum atomic E-state index is 12.5. The molecule has 0 saturated carbocycles. The largest absolute Gasteiger partial charge is 0.466 e. The summed E-state index contributed by atoms with van der Waals surface area (Å²) in [6.45, 7) is 6.14. The summed E-state index contributed by atoms with van der Waals surface area (Å²) in [6, 6.07) is 5.80. The number of methoxy groups -OCH3 is 1. The van der Waals surface area contributed by atoms with Crippen LogP contribution in [0.4, 0.5) is 10.5 Å². The topological polar surface area (TPSA) is 55.8 Å². The number of nitrogens with zero attached hydrogens (tertiary/aromatic N) is 1. The van der Waals surface area contributed by atoms with E-state index in [0.717, 1.165) is 29.7 Å². The molecule has 5 nitrogen and oxygen atoms in total. The molecule has 0 unspecified atom stereocenters. The fraction of sp³-hybridized carbons (Fsp3) is 0.444. The number of benzene rings is 1. The Balaban J connectivity index is 2.37. The third-order valence-corrected chi connectivity index (χ3v) is 3.46. The molecular formula is C18H23NO4. The van der Waals surface area contributed by atoms with E-state index in [1.807, 2.05) is 39.0 Å². The lowest BCUT2D eigenvalue weighted by Crippen LogP contribution is -2.40. The maximum absolute atomic E-state index is 12.5. The van der Waals surface area contributed by atoms with Crippen LogP contribution in [0, 0.1) is 0 Å². The van der Waals surface area contributed by atoms with Crippen molar-refractivity contribution < 1.29 is 19.1 Å². The lowest BCUT2D eigenvalue weighted by molar-refractivity contribution is -0.134. The van der Waals surface area contributed by atoms with Gasteiger partial charge in [-0.1, -0.05) is 18.2 Å². The summed E-state index contributed by atoms with van der Waals surface area (Å²) in [7, 11) is 1.33. The molecule has 0 N–H and O–H groups in total. The van der Waals surface area contributed by atoms with Gasteiger partial charge in [-0.25, -0.2) is 9.59 Å². The van der Waals surface area contributed by atoms with E-state index >= 15 is 0 Å². The Morgan fingerprint density at radius 2 is 2.00 bits per heavy atom. The third-order valence-electron chi connectivity index (χ3n) is 3.46. The quantitative estimate of drug-likeness (QED) is 0.618. The molecule has 0 aromatic heterocycles. The summed E-state index contributed by atoms with van der Waals surface area (Å²) in [6.07, 6.45) is 4.45. The van der Waals surface area contributed by atoms with Crippen molar-refractivity contribution in [3.63, 3.8) is 0 Å². The summed E-state index contributed by atoms with van der Waals surface area (Å²) >= 11 is 0. The zero-order chi connectivity index (χ0) is 17.0. The highest BCUT2D eigenvalue weighted by molar-refractivity contribution is 5.95. The molecule has 23 heavy (non-hydrogen) atoms. The molecule has 0 saturated heterocycles. The van der Waals surface area contributed by atoms with E-state index in [1.165, 1.54) is 13.2 Å². The van der Waals surface area contributed by atoms with Gasteiger partial charge in [-0.05, 0) is 50.8 Å². The van der Waals surface area contributed by atoms with Gasteiger partial charge in [-0.2, -0.15) is 0 Å². The minimum absolute atomic E-state index is 0.364. The van der Waals surface area contributed by atoms with Gasteiger partial charge in [-0.3, -0.25) is 4.90 Å². The van der Waals surface area contributed by atoms with Crippen molar-refractivity contribution >= 4 is 23.8 Å². The zero-order valence-electron chi connectivity index (χ0n) is 14.1. The number of carbonyl (C=O) groups excluding carboxylic acids is 2. The number of amides is 1. The Hall–Kier alpha value is -2.30. The first kappa shape index (κ1) is 17.1. The van der Waals surface area contributed by atoms with Crippen LogP contribution in [0.5, 0.6) is 0 Å². The molecule has 2 rings (SSSR count). The van der Waals surface area contributed by atoms with E-state index in [0.29, 0.717) is 6.54 Å². The fourth-order valence-electron chi connectivity index (χ4n) is 2.54. The lowest BCUT2D eigenvalue weighted by atomic mass is 9.97. The normalized spacial score (nSPS) is 14.5. The van der Waals surface area contributed by atoms with Crippen molar-refractivity contribution in [3.8, 4) is 0 Å². The predicted molar refractivity (Wildman–Crippen MR) is 89.4 cm³/mol. The van der Waals surface area contributed by atoms with Gasteiger partial charge < -0.3 is 9.47 Å². The molecule has 1 aliphatic heterocycles. The van der Waals surface area contributed by atoms with Crippen molar-refractivity contribution in [1.29, 1.82) is 0 Å². The van der Waals surface area contributed by atoms with E-state index in [4.69, 9.17) is 4.74 Å².